The van der Waals surface area contributed by atoms with Gasteiger partial charge >= 0.3 is 0 Å². The SMILES string of the molecule is C=CCn1c(-c2cc(F)ccc2Br)nnc1N1CCOC(c2nnc(C(C)C)o2)C1. The Kier molecular flexibility index (Phi) is 5.96. The number of anilines is 1. The van der Waals surface area contributed by atoms with Gasteiger partial charge in [-0.25, -0.2) is 4.39 Å². The molecule has 30 heavy (non-hydrogen) atoms. The van der Waals surface area contributed by atoms with Crippen molar-refractivity contribution < 1.29 is 13.5 Å². The van der Waals surface area contributed by atoms with Crippen molar-refractivity contribution in [1.29, 1.82) is 0 Å². The Bertz CT molecular complexity index is 1050. The van der Waals surface area contributed by atoms with E-state index in [-0.39, 0.29) is 17.8 Å². The molecule has 1 aliphatic rings. The van der Waals surface area contributed by atoms with Crippen LogP contribution < -0.4 is 4.90 Å². The second-order valence-electron chi connectivity index (χ2n) is 7.29. The Hall–Kier alpha value is -2.59. The summed E-state index contributed by atoms with van der Waals surface area (Å²) >= 11 is 3.48. The Morgan fingerprint density at radius 1 is 1.30 bits per heavy atom. The molecule has 0 radical (unpaired) electrons. The lowest BCUT2D eigenvalue weighted by molar-refractivity contribution is 0.0206. The van der Waals surface area contributed by atoms with Crippen LogP contribution >= 0.6 is 15.9 Å². The van der Waals surface area contributed by atoms with E-state index >= 15 is 0 Å². The van der Waals surface area contributed by atoms with Gasteiger partial charge in [0, 0.05) is 29.0 Å². The number of allylic oxidation sites excluding steroid dienone is 1. The molecule has 8 nitrogen and oxygen atoms in total. The number of ether oxygens (including phenoxy) is 1. The van der Waals surface area contributed by atoms with Crippen molar-refractivity contribution in [2.24, 2.45) is 0 Å². The lowest BCUT2D eigenvalue weighted by atomic mass is 10.2. The number of hydrogen-bond donors (Lipinski definition) is 0. The number of nitrogens with zero attached hydrogens (tertiary/aromatic N) is 6. The van der Waals surface area contributed by atoms with Gasteiger partial charge in [-0.3, -0.25) is 4.57 Å². The molecule has 2 aromatic heterocycles. The summed E-state index contributed by atoms with van der Waals surface area (Å²) in [5.41, 5.74) is 0.624. The van der Waals surface area contributed by atoms with E-state index < -0.39 is 0 Å². The highest BCUT2D eigenvalue weighted by Gasteiger charge is 2.30. The molecule has 0 aliphatic carbocycles. The molecule has 4 rings (SSSR count). The summed E-state index contributed by atoms with van der Waals surface area (Å²) in [6.45, 7) is 9.89. The first-order chi connectivity index (χ1) is 14.5. The summed E-state index contributed by atoms with van der Waals surface area (Å²) in [5, 5.41) is 17.0. The highest BCUT2D eigenvalue weighted by atomic mass is 79.9. The minimum Gasteiger partial charge on any atom is -0.422 e. The van der Waals surface area contributed by atoms with E-state index in [2.05, 4.69) is 47.8 Å². The van der Waals surface area contributed by atoms with Crippen molar-refractivity contribution >= 4 is 21.9 Å². The molecule has 1 aliphatic heterocycles. The molecule has 10 heteroatoms. The number of morpholine rings is 1. The van der Waals surface area contributed by atoms with Crippen molar-refractivity contribution in [2.45, 2.75) is 32.4 Å². The lowest BCUT2D eigenvalue weighted by Crippen LogP contribution is -2.40. The number of rotatable bonds is 6. The van der Waals surface area contributed by atoms with Gasteiger partial charge in [-0.2, -0.15) is 0 Å². The second-order valence-corrected chi connectivity index (χ2v) is 8.14. The molecule has 0 spiro atoms. The van der Waals surface area contributed by atoms with Crippen molar-refractivity contribution in [3.05, 3.63) is 52.9 Å². The molecule has 0 bridgehead atoms. The third kappa shape index (κ3) is 4.01. The Balaban J connectivity index is 1.65. The predicted molar refractivity (Wildman–Crippen MR) is 113 cm³/mol. The zero-order valence-corrected chi connectivity index (χ0v) is 18.3. The minimum absolute atomic E-state index is 0.147. The van der Waals surface area contributed by atoms with E-state index in [0.29, 0.717) is 55.4 Å². The molecule has 3 aromatic rings. The first-order valence-electron chi connectivity index (χ1n) is 9.67. The van der Waals surface area contributed by atoms with E-state index in [0.717, 1.165) is 4.47 Å². The molecule has 1 unspecified atom stereocenters. The maximum atomic E-state index is 13.9. The summed E-state index contributed by atoms with van der Waals surface area (Å²) in [5.74, 6) is 2.04. The Morgan fingerprint density at radius 3 is 2.87 bits per heavy atom. The fraction of sp³-hybridized carbons (Fsp3) is 0.400. The molecular weight excluding hydrogens is 455 g/mol. The average molecular weight is 477 g/mol. The van der Waals surface area contributed by atoms with Gasteiger partial charge in [0.1, 0.15) is 5.82 Å². The highest BCUT2D eigenvalue weighted by Crippen LogP contribution is 2.32. The molecule has 3 heterocycles. The summed E-state index contributed by atoms with van der Waals surface area (Å²) in [6, 6.07) is 4.49. The first kappa shape index (κ1) is 20.7. The number of aromatic nitrogens is 5. The van der Waals surface area contributed by atoms with Crippen LogP contribution in [-0.2, 0) is 11.3 Å². The van der Waals surface area contributed by atoms with Crippen LogP contribution in [0.4, 0.5) is 10.3 Å². The van der Waals surface area contributed by atoms with Crippen LogP contribution in [0.1, 0.15) is 37.7 Å². The van der Waals surface area contributed by atoms with Crippen molar-refractivity contribution in [2.75, 3.05) is 24.6 Å². The molecule has 158 valence electrons. The van der Waals surface area contributed by atoms with Crippen LogP contribution in [0.25, 0.3) is 11.4 Å². The summed E-state index contributed by atoms with van der Waals surface area (Å²) < 4.78 is 28.1. The Morgan fingerprint density at radius 2 is 2.13 bits per heavy atom. The van der Waals surface area contributed by atoms with E-state index in [9.17, 15) is 4.39 Å². The van der Waals surface area contributed by atoms with Crippen LogP contribution in [-0.4, -0.2) is 44.7 Å². The zero-order valence-electron chi connectivity index (χ0n) is 16.8. The van der Waals surface area contributed by atoms with Gasteiger partial charge < -0.3 is 14.1 Å². The molecular formula is C20H22BrFN6O2. The van der Waals surface area contributed by atoms with Gasteiger partial charge in [0.15, 0.2) is 11.9 Å². The minimum atomic E-state index is -0.364. The van der Waals surface area contributed by atoms with Gasteiger partial charge in [-0.05, 0) is 18.2 Å². The largest absolute Gasteiger partial charge is 0.422 e. The van der Waals surface area contributed by atoms with E-state index in [4.69, 9.17) is 9.15 Å². The maximum Gasteiger partial charge on any atom is 0.247 e. The van der Waals surface area contributed by atoms with Crippen molar-refractivity contribution in [3.63, 3.8) is 0 Å². The van der Waals surface area contributed by atoms with E-state index in [1.54, 1.807) is 12.1 Å². The molecule has 1 fully saturated rings. The summed E-state index contributed by atoms with van der Waals surface area (Å²) in [6.07, 6.45) is 1.39. The van der Waals surface area contributed by atoms with Crippen LogP contribution in [0, 0.1) is 5.82 Å². The lowest BCUT2D eigenvalue weighted by Gasteiger charge is -2.32. The Labute approximate surface area is 181 Å². The van der Waals surface area contributed by atoms with E-state index in [1.165, 1.54) is 12.1 Å². The van der Waals surface area contributed by atoms with Crippen molar-refractivity contribution in [3.8, 4) is 11.4 Å². The van der Waals surface area contributed by atoms with Gasteiger partial charge in [0.25, 0.3) is 0 Å². The number of hydrogen-bond acceptors (Lipinski definition) is 7. The fourth-order valence-corrected chi connectivity index (χ4v) is 3.71. The molecule has 1 aromatic carbocycles. The maximum absolute atomic E-state index is 13.9. The molecule has 0 N–H and O–H groups in total. The summed E-state index contributed by atoms with van der Waals surface area (Å²) in [4.78, 5) is 2.06. The number of halogens is 2. The van der Waals surface area contributed by atoms with Gasteiger partial charge in [-0.1, -0.05) is 35.9 Å². The molecule has 0 amide bonds. The third-order valence-electron chi connectivity index (χ3n) is 4.79. The first-order valence-corrected chi connectivity index (χ1v) is 10.5. The average Bonchev–Trinajstić information content (AvgIpc) is 3.38. The quantitative estimate of drug-likeness (QED) is 0.494. The summed E-state index contributed by atoms with van der Waals surface area (Å²) in [7, 11) is 0. The predicted octanol–water partition coefficient (Wildman–Crippen LogP) is 4.12. The zero-order chi connectivity index (χ0) is 21.3. The smallest absolute Gasteiger partial charge is 0.247 e. The third-order valence-corrected chi connectivity index (χ3v) is 5.48. The molecule has 0 saturated carbocycles. The number of benzene rings is 1. The topological polar surface area (TPSA) is 82.1 Å². The highest BCUT2D eigenvalue weighted by molar-refractivity contribution is 9.10. The standard InChI is InChI=1S/C20H22BrFN6O2/c1-4-7-28-17(14-10-13(22)5-6-15(14)21)23-26-20(28)27-8-9-29-16(11-27)19-25-24-18(30-19)12(2)3/h4-6,10,12,16H,1,7-9,11H2,2-3H3. The molecule has 1 atom stereocenters. The van der Waals surface area contributed by atoms with Gasteiger partial charge in [0.2, 0.25) is 17.7 Å². The molecule has 1 saturated heterocycles. The van der Waals surface area contributed by atoms with Gasteiger partial charge in [0.05, 0.1) is 13.2 Å². The van der Waals surface area contributed by atoms with Crippen LogP contribution in [0.3, 0.4) is 0 Å². The van der Waals surface area contributed by atoms with Crippen LogP contribution in [0.5, 0.6) is 0 Å². The second kappa shape index (κ2) is 8.65. The monoisotopic (exact) mass is 476 g/mol. The van der Waals surface area contributed by atoms with E-state index in [1.807, 2.05) is 18.4 Å². The fourth-order valence-electron chi connectivity index (χ4n) is 3.28. The van der Waals surface area contributed by atoms with Crippen LogP contribution in [0.2, 0.25) is 0 Å². The normalized spacial score (nSPS) is 17.0. The van der Waals surface area contributed by atoms with Crippen LogP contribution in [0.15, 0.2) is 39.7 Å². The van der Waals surface area contributed by atoms with Crippen molar-refractivity contribution in [1.82, 2.24) is 25.0 Å². The van der Waals surface area contributed by atoms with Gasteiger partial charge in [-0.15, -0.1) is 27.0 Å².